The highest BCUT2D eigenvalue weighted by molar-refractivity contribution is 7.78. The SMILES string of the molecule is CC1CC2CC(C1)CC(C)(NC=S)C2. The molecule has 0 amide bonds. The molecule has 0 radical (unpaired) electrons. The van der Waals surface area contributed by atoms with Crippen LogP contribution in [0.2, 0.25) is 0 Å². The fourth-order valence-corrected chi connectivity index (χ4v) is 4.13. The van der Waals surface area contributed by atoms with Gasteiger partial charge in [0.1, 0.15) is 0 Å². The van der Waals surface area contributed by atoms with Crippen LogP contribution in [-0.2, 0) is 0 Å². The number of thiocarbonyl (C=S) groups is 1. The van der Waals surface area contributed by atoms with Crippen molar-refractivity contribution in [2.45, 2.75) is 51.5 Å². The van der Waals surface area contributed by atoms with E-state index in [1.165, 1.54) is 32.1 Å². The van der Waals surface area contributed by atoms with Crippen LogP contribution in [-0.4, -0.2) is 11.0 Å². The van der Waals surface area contributed by atoms with Crippen molar-refractivity contribution >= 4 is 17.7 Å². The minimum Gasteiger partial charge on any atom is -0.377 e. The summed E-state index contributed by atoms with van der Waals surface area (Å²) in [4.78, 5) is 0. The maximum absolute atomic E-state index is 4.92. The van der Waals surface area contributed by atoms with Crippen molar-refractivity contribution in [3.8, 4) is 0 Å². The maximum atomic E-state index is 4.92. The van der Waals surface area contributed by atoms with E-state index < -0.39 is 0 Å². The molecule has 0 saturated heterocycles. The Kier molecular flexibility index (Phi) is 2.83. The molecule has 14 heavy (non-hydrogen) atoms. The van der Waals surface area contributed by atoms with Gasteiger partial charge in [0.2, 0.25) is 0 Å². The number of fused-ring (bicyclic) bond motifs is 2. The van der Waals surface area contributed by atoms with Crippen LogP contribution in [0.1, 0.15) is 46.0 Å². The van der Waals surface area contributed by atoms with Gasteiger partial charge in [-0.25, -0.2) is 0 Å². The maximum Gasteiger partial charge on any atom is 0.0619 e. The number of hydrogen-bond acceptors (Lipinski definition) is 1. The second-order valence-corrected chi connectivity index (χ2v) is 6.01. The van der Waals surface area contributed by atoms with Gasteiger partial charge in [0.15, 0.2) is 0 Å². The number of rotatable bonds is 2. The normalized spacial score (nSPS) is 47.1. The summed E-state index contributed by atoms with van der Waals surface area (Å²) in [7, 11) is 0. The van der Waals surface area contributed by atoms with Crippen LogP contribution in [0, 0.1) is 17.8 Å². The Balaban J connectivity index is 2.04. The molecule has 2 rings (SSSR count). The zero-order chi connectivity index (χ0) is 10.2. The lowest BCUT2D eigenvalue weighted by Gasteiger charge is -2.47. The third-order valence-corrected chi connectivity index (χ3v) is 4.14. The smallest absolute Gasteiger partial charge is 0.0619 e. The molecule has 2 bridgehead atoms. The highest BCUT2D eigenvalue weighted by Gasteiger charge is 2.40. The van der Waals surface area contributed by atoms with Crippen LogP contribution in [0.25, 0.3) is 0 Å². The predicted octanol–water partition coefficient (Wildman–Crippen LogP) is 3.14. The Bertz CT molecular complexity index is 208. The average Bonchev–Trinajstić information content (AvgIpc) is 1.99. The first-order chi connectivity index (χ1) is 6.61. The van der Waals surface area contributed by atoms with Crippen LogP contribution in [0.3, 0.4) is 0 Å². The Morgan fingerprint density at radius 1 is 1.21 bits per heavy atom. The lowest BCUT2D eigenvalue weighted by atomic mass is 9.63. The molecule has 2 atom stereocenters. The molecule has 0 aromatic carbocycles. The number of nitrogens with one attached hydrogen (secondary N) is 1. The molecule has 2 aliphatic carbocycles. The van der Waals surface area contributed by atoms with E-state index in [4.69, 9.17) is 12.2 Å². The third kappa shape index (κ3) is 2.10. The van der Waals surface area contributed by atoms with E-state index in [1.54, 1.807) is 5.49 Å². The summed E-state index contributed by atoms with van der Waals surface area (Å²) in [6, 6.07) is 0. The van der Waals surface area contributed by atoms with Gasteiger partial charge in [0.05, 0.1) is 5.49 Å². The molecule has 2 unspecified atom stereocenters. The van der Waals surface area contributed by atoms with E-state index in [0.29, 0.717) is 5.54 Å². The Labute approximate surface area is 92.7 Å². The van der Waals surface area contributed by atoms with E-state index in [0.717, 1.165) is 17.8 Å². The molecule has 1 N–H and O–H groups in total. The molecule has 0 heterocycles. The van der Waals surface area contributed by atoms with E-state index >= 15 is 0 Å². The molecule has 2 heteroatoms. The first-order valence-corrected chi connectivity index (χ1v) is 6.30. The Morgan fingerprint density at radius 3 is 2.29 bits per heavy atom. The molecule has 1 nitrogen and oxygen atoms in total. The molecule has 80 valence electrons. The van der Waals surface area contributed by atoms with Crippen molar-refractivity contribution in [1.82, 2.24) is 5.32 Å². The monoisotopic (exact) mass is 211 g/mol. The second-order valence-electron chi connectivity index (χ2n) is 5.78. The van der Waals surface area contributed by atoms with Gasteiger partial charge in [0, 0.05) is 5.54 Å². The van der Waals surface area contributed by atoms with Crippen molar-refractivity contribution < 1.29 is 0 Å². The number of hydrogen-bond donors (Lipinski definition) is 1. The second kappa shape index (κ2) is 3.80. The minimum absolute atomic E-state index is 0.301. The first kappa shape index (κ1) is 10.4. The summed E-state index contributed by atoms with van der Waals surface area (Å²) in [5.74, 6) is 2.85. The van der Waals surface area contributed by atoms with Crippen LogP contribution < -0.4 is 5.32 Å². The fourth-order valence-electron chi connectivity index (χ4n) is 3.85. The van der Waals surface area contributed by atoms with Gasteiger partial charge in [-0.3, -0.25) is 0 Å². The van der Waals surface area contributed by atoms with Crippen LogP contribution in [0.5, 0.6) is 0 Å². The van der Waals surface area contributed by atoms with Gasteiger partial charge in [-0.05, 0) is 56.8 Å². The Morgan fingerprint density at radius 2 is 1.79 bits per heavy atom. The van der Waals surface area contributed by atoms with E-state index in [-0.39, 0.29) is 0 Å². The van der Waals surface area contributed by atoms with Crippen molar-refractivity contribution in [2.24, 2.45) is 17.8 Å². The topological polar surface area (TPSA) is 12.0 Å². The fraction of sp³-hybridized carbons (Fsp3) is 0.917. The third-order valence-electron chi connectivity index (χ3n) is 4.02. The van der Waals surface area contributed by atoms with E-state index in [9.17, 15) is 0 Å². The molecule has 0 aliphatic heterocycles. The van der Waals surface area contributed by atoms with Crippen molar-refractivity contribution in [3.63, 3.8) is 0 Å². The van der Waals surface area contributed by atoms with Gasteiger partial charge >= 0.3 is 0 Å². The summed E-state index contributed by atoms with van der Waals surface area (Å²) in [6.07, 6.45) is 6.98. The standard InChI is InChI=1S/C12H21NS/c1-9-3-10-5-11(4-9)7-12(2,6-10)13-8-14/h8-11H,3-7H2,1-2H3,(H,13,14). The van der Waals surface area contributed by atoms with E-state index in [1.807, 2.05) is 0 Å². The van der Waals surface area contributed by atoms with E-state index in [2.05, 4.69) is 19.2 Å². The lowest BCUT2D eigenvalue weighted by molar-refractivity contribution is 0.0848. The van der Waals surface area contributed by atoms with Crippen molar-refractivity contribution in [2.75, 3.05) is 0 Å². The highest BCUT2D eigenvalue weighted by Crippen LogP contribution is 2.46. The zero-order valence-electron chi connectivity index (χ0n) is 9.25. The largest absolute Gasteiger partial charge is 0.377 e. The molecule has 0 aromatic heterocycles. The quantitative estimate of drug-likeness (QED) is 0.704. The van der Waals surface area contributed by atoms with Gasteiger partial charge in [-0.2, -0.15) is 0 Å². The predicted molar refractivity (Wildman–Crippen MR) is 64.4 cm³/mol. The summed E-state index contributed by atoms with van der Waals surface area (Å²) in [5, 5.41) is 3.39. The summed E-state index contributed by atoms with van der Waals surface area (Å²) < 4.78 is 0. The molecule has 2 saturated carbocycles. The molecule has 2 fully saturated rings. The zero-order valence-corrected chi connectivity index (χ0v) is 10.1. The lowest BCUT2D eigenvalue weighted by Crippen LogP contribution is -2.49. The molecule has 2 aliphatic rings. The van der Waals surface area contributed by atoms with Gasteiger partial charge in [-0.15, -0.1) is 0 Å². The molecule has 0 aromatic rings. The van der Waals surface area contributed by atoms with Gasteiger partial charge in [0.25, 0.3) is 0 Å². The summed E-state index contributed by atoms with van der Waals surface area (Å²) in [6.45, 7) is 4.75. The summed E-state index contributed by atoms with van der Waals surface area (Å²) >= 11 is 4.92. The van der Waals surface area contributed by atoms with Crippen molar-refractivity contribution in [1.29, 1.82) is 0 Å². The van der Waals surface area contributed by atoms with Crippen LogP contribution in [0.4, 0.5) is 0 Å². The molecular weight excluding hydrogens is 190 g/mol. The highest BCUT2D eigenvalue weighted by atomic mass is 32.1. The average molecular weight is 211 g/mol. The van der Waals surface area contributed by atoms with Crippen molar-refractivity contribution in [3.05, 3.63) is 0 Å². The minimum atomic E-state index is 0.301. The molecular formula is C12H21NS. The van der Waals surface area contributed by atoms with Gasteiger partial charge in [-0.1, -0.05) is 19.1 Å². The Hall–Kier alpha value is -0.110. The van der Waals surface area contributed by atoms with Gasteiger partial charge < -0.3 is 5.32 Å². The van der Waals surface area contributed by atoms with Crippen LogP contribution in [0.15, 0.2) is 0 Å². The summed E-state index contributed by atoms with van der Waals surface area (Å²) in [5.41, 5.74) is 2.01. The van der Waals surface area contributed by atoms with Crippen LogP contribution >= 0.6 is 12.2 Å². The molecule has 0 spiro atoms. The first-order valence-electron chi connectivity index (χ1n) is 5.82.